The minimum Gasteiger partial charge on any atom is -0.388 e. The molecule has 3 nitrogen and oxygen atoms in total. The van der Waals surface area contributed by atoms with Crippen molar-refractivity contribution in [1.29, 1.82) is 0 Å². The molecule has 1 heterocycles. The lowest BCUT2D eigenvalue weighted by atomic mass is 10.1. The van der Waals surface area contributed by atoms with E-state index < -0.39 is 6.10 Å². The maximum absolute atomic E-state index is 10.0. The minimum atomic E-state index is -0.511. The third-order valence-electron chi connectivity index (χ3n) is 2.78. The average Bonchev–Trinajstić information content (AvgIpc) is 2.85. The molecule has 0 amide bonds. The molecule has 0 fully saturated rings. The van der Waals surface area contributed by atoms with Crippen molar-refractivity contribution < 1.29 is 5.11 Å². The second-order valence-electron chi connectivity index (χ2n) is 4.13. The Balaban J connectivity index is 1.87. The van der Waals surface area contributed by atoms with Gasteiger partial charge in [0.1, 0.15) is 0 Å². The van der Waals surface area contributed by atoms with E-state index in [-0.39, 0.29) is 0 Å². The van der Waals surface area contributed by atoms with E-state index in [2.05, 4.69) is 4.98 Å². The third kappa shape index (κ3) is 3.48. The van der Waals surface area contributed by atoms with E-state index in [0.29, 0.717) is 16.5 Å². The number of aliphatic hydroxyl groups excluding tert-OH is 1. The SMILES string of the molecule is O[C@@H](CCCn1ccnc1)c1ccc(Cl)c(Cl)c1. The molecule has 0 saturated carbocycles. The first-order valence-electron chi connectivity index (χ1n) is 5.75. The fourth-order valence-corrected chi connectivity index (χ4v) is 2.08. The van der Waals surface area contributed by atoms with Crippen molar-refractivity contribution >= 4 is 23.2 Å². The van der Waals surface area contributed by atoms with Gasteiger partial charge in [-0.15, -0.1) is 0 Å². The molecule has 1 atom stereocenters. The van der Waals surface area contributed by atoms with Crippen molar-refractivity contribution in [2.45, 2.75) is 25.5 Å². The summed E-state index contributed by atoms with van der Waals surface area (Å²) in [4.78, 5) is 3.97. The van der Waals surface area contributed by atoms with Crippen LogP contribution in [0, 0.1) is 0 Å². The highest BCUT2D eigenvalue weighted by Gasteiger charge is 2.09. The van der Waals surface area contributed by atoms with Crippen LogP contribution in [0.4, 0.5) is 0 Å². The van der Waals surface area contributed by atoms with Gasteiger partial charge >= 0.3 is 0 Å². The minimum absolute atomic E-state index is 0.475. The monoisotopic (exact) mass is 284 g/mol. The molecule has 0 aliphatic heterocycles. The second-order valence-corrected chi connectivity index (χ2v) is 4.95. The maximum Gasteiger partial charge on any atom is 0.0945 e. The summed E-state index contributed by atoms with van der Waals surface area (Å²) < 4.78 is 1.99. The van der Waals surface area contributed by atoms with Crippen LogP contribution in [0.2, 0.25) is 10.0 Å². The lowest BCUT2D eigenvalue weighted by molar-refractivity contribution is 0.162. The Morgan fingerprint density at radius 3 is 2.78 bits per heavy atom. The van der Waals surface area contributed by atoms with Crippen LogP contribution in [0.15, 0.2) is 36.9 Å². The largest absolute Gasteiger partial charge is 0.388 e. The van der Waals surface area contributed by atoms with Gasteiger partial charge in [0.2, 0.25) is 0 Å². The average molecular weight is 285 g/mol. The normalized spacial score (nSPS) is 12.6. The third-order valence-corrected chi connectivity index (χ3v) is 3.52. The Morgan fingerprint density at radius 2 is 2.11 bits per heavy atom. The predicted octanol–water partition coefficient (Wildman–Crippen LogP) is 3.70. The Hall–Kier alpha value is -1.03. The van der Waals surface area contributed by atoms with Gasteiger partial charge in [-0.25, -0.2) is 4.98 Å². The summed E-state index contributed by atoms with van der Waals surface area (Å²) in [7, 11) is 0. The van der Waals surface area contributed by atoms with Gasteiger partial charge in [-0.05, 0) is 30.5 Å². The van der Waals surface area contributed by atoms with Gasteiger partial charge in [0.15, 0.2) is 0 Å². The summed E-state index contributed by atoms with van der Waals surface area (Å²) in [6.45, 7) is 0.846. The van der Waals surface area contributed by atoms with Crippen LogP contribution < -0.4 is 0 Å². The standard InChI is InChI=1S/C13H14Cl2N2O/c14-11-4-3-10(8-12(11)15)13(18)2-1-6-17-7-5-16-9-17/h3-5,7-9,13,18H,1-2,6H2/t13-/m0/s1. The fraction of sp³-hybridized carbons (Fsp3) is 0.308. The van der Waals surface area contributed by atoms with Crippen molar-refractivity contribution in [3.8, 4) is 0 Å². The molecule has 2 rings (SSSR count). The molecule has 2 aromatic rings. The lowest BCUT2D eigenvalue weighted by Crippen LogP contribution is -2.01. The summed E-state index contributed by atoms with van der Waals surface area (Å²) in [6.07, 6.45) is 6.46. The zero-order chi connectivity index (χ0) is 13.0. The molecule has 1 aromatic heterocycles. The molecule has 1 aromatic carbocycles. The number of aryl methyl sites for hydroxylation is 1. The molecule has 0 unspecified atom stereocenters. The van der Waals surface area contributed by atoms with E-state index in [1.54, 1.807) is 30.7 Å². The van der Waals surface area contributed by atoms with E-state index in [0.717, 1.165) is 18.5 Å². The molecule has 1 N–H and O–H groups in total. The van der Waals surface area contributed by atoms with Crippen molar-refractivity contribution in [2.75, 3.05) is 0 Å². The molecule has 0 bridgehead atoms. The van der Waals surface area contributed by atoms with Crippen LogP contribution >= 0.6 is 23.2 Å². The van der Waals surface area contributed by atoms with Crippen molar-refractivity contribution in [1.82, 2.24) is 9.55 Å². The van der Waals surface area contributed by atoms with E-state index in [1.165, 1.54) is 0 Å². The first-order chi connectivity index (χ1) is 8.66. The molecule has 0 aliphatic carbocycles. The van der Waals surface area contributed by atoms with Gasteiger partial charge in [0.05, 0.1) is 22.5 Å². The summed E-state index contributed by atoms with van der Waals surface area (Å²) in [5.74, 6) is 0. The van der Waals surface area contributed by atoms with Crippen molar-refractivity contribution in [3.63, 3.8) is 0 Å². The highest BCUT2D eigenvalue weighted by Crippen LogP contribution is 2.27. The fourth-order valence-electron chi connectivity index (χ4n) is 1.77. The Bertz CT molecular complexity index is 500. The van der Waals surface area contributed by atoms with Crippen LogP contribution in [-0.2, 0) is 6.54 Å². The van der Waals surface area contributed by atoms with Crippen LogP contribution in [0.25, 0.3) is 0 Å². The molecule has 0 aliphatic rings. The van der Waals surface area contributed by atoms with Gasteiger partial charge in [-0.3, -0.25) is 0 Å². The van der Waals surface area contributed by atoms with Crippen LogP contribution in [0.5, 0.6) is 0 Å². The van der Waals surface area contributed by atoms with Crippen LogP contribution in [-0.4, -0.2) is 14.7 Å². The van der Waals surface area contributed by atoms with Gasteiger partial charge in [0, 0.05) is 18.9 Å². The molecule has 5 heteroatoms. The Morgan fingerprint density at radius 1 is 1.28 bits per heavy atom. The number of aliphatic hydroxyl groups is 1. The lowest BCUT2D eigenvalue weighted by Gasteiger charge is -2.12. The molecular formula is C13H14Cl2N2O. The number of imidazole rings is 1. The van der Waals surface area contributed by atoms with Crippen LogP contribution in [0.1, 0.15) is 24.5 Å². The van der Waals surface area contributed by atoms with Gasteiger partial charge in [-0.1, -0.05) is 29.3 Å². The summed E-state index contributed by atoms with van der Waals surface area (Å²) in [6, 6.07) is 5.22. The summed E-state index contributed by atoms with van der Waals surface area (Å²) >= 11 is 11.8. The molecule has 0 radical (unpaired) electrons. The number of rotatable bonds is 5. The molecule has 0 saturated heterocycles. The molecule has 96 valence electrons. The highest BCUT2D eigenvalue weighted by atomic mass is 35.5. The smallest absolute Gasteiger partial charge is 0.0945 e. The van der Waals surface area contributed by atoms with Crippen LogP contribution in [0.3, 0.4) is 0 Å². The zero-order valence-corrected chi connectivity index (χ0v) is 11.3. The Labute approximate surface area is 116 Å². The zero-order valence-electron chi connectivity index (χ0n) is 9.76. The van der Waals surface area contributed by atoms with E-state index in [4.69, 9.17) is 23.2 Å². The second kappa shape index (κ2) is 6.23. The quantitative estimate of drug-likeness (QED) is 0.909. The van der Waals surface area contributed by atoms with Gasteiger partial charge in [-0.2, -0.15) is 0 Å². The highest BCUT2D eigenvalue weighted by molar-refractivity contribution is 6.42. The number of nitrogens with zero attached hydrogens (tertiary/aromatic N) is 2. The van der Waals surface area contributed by atoms with E-state index in [1.807, 2.05) is 10.8 Å². The first-order valence-corrected chi connectivity index (χ1v) is 6.51. The number of halogens is 2. The topological polar surface area (TPSA) is 38.0 Å². The number of aromatic nitrogens is 2. The molecule has 0 spiro atoms. The van der Waals surface area contributed by atoms with Gasteiger partial charge < -0.3 is 9.67 Å². The number of benzene rings is 1. The van der Waals surface area contributed by atoms with Crippen molar-refractivity contribution in [2.24, 2.45) is 0 Å². The molecule has 18 heavy (non-hydrogen) atoms. The van der Waals surface area contributed by atoms with Crippen molar-refractivity contribution in [3.05, 3.63) is 52.5 Å². The van der Waals surface area contributed by atoms with Gasteiger partial charge in [0.25, 0.3) is 0 Å². The van der Waals surface area contributed by atoms with E-state index >= 15 is 0 Å². The predicted molar refractivity (Wildman–Crippen MR) is 72.9 cm³/mol. The first kappa shape index (κ1) is 13.4. The number of hydrogen-bond donors (Lipinski definition) is 1. The summed E-state index contributed by atoms with van der Waals surface area (Å²) in [5.41, 5.74) is 0.801. The molecular weight excluding hydrogens is 271 g/mol. The van der Waals surface area contributed by atoms with E-state index in [9.17, 15) is 5.11 Å². The number of hydrogen-bond acceptors (Lipinski definition) is 2. The summed E-state index contributed by atoms with van der Waals surface area (Å²) in [5, 5.41) is 11.0. The maximum atomic E-state index is 10.0. The Kier molecular flexibility index (Phi) is 4.64.